The minimum atomic E-state index is -3.84. The minimum Gasteiger partial charge on any atom is -0.355 e. The lowest BCUT2D eigenvalue weighted by molar-refractivity contribution is -0.119. The summed E-state index contributed by atoms with van der Waals surface area (Å²) in [5, 5.41) is 4.76. The molecular formula is C17H23N3O3S2. The average Bonchev–Trinajstić information content (AvgIpc) is 3.14. The Morgan fingerprint density at radius 3 is 2.60 bits per heavy atom. The first kappa shape index (κ1) is 19.4. The van der Waals surface area contributed by atoms with Crippen molar-refractivity contribution in [2.45, 2.75) is 37.5 Å². The normalized spacial score (nSPS) is 11.2. The Kier molecular flexibility index (Phi) is 7.39. The van der Waals surface area contributed by atoms with Crippen LogP contribution in [0.3, 0.4) is 0 Å². The maximum absolute atomic E-state index is 12.9. The van der Waals surface area contributed by atoms with Gasteiger partial charge in [0.05, 0.1) is 4.90 Å². The van der Waals surface area contributed by atoms with E-state index in [0.29, 0.717) is 6.54 Å². The molecule has 0 aliphatic heterocycles. The van der Waals surface area contributed by atoms with E-state index in [1.807, 2.05) is 0 Å². The van der Waals surface area contributed by atoms with Crippen molar-refractivity contribution < 1.29 is 13.2 Å². The second-order valence-corrected chi connectivity index (χ2v) is 8.29. The molecule has 25 heavy (non-hydrogen) atoms. The molecule has 0 fully saturated rings. The number of sulfonamides is 1. The van der Waals surface area contributed by atoms with Crippen LogP contribution in [0.4, 0.5) is 5.13 Å². The summed E-state index contributed by atoms with van der Waals surface area (Å²) in [6.07, 6.45) is 5.72. The number of thiazole rings is 1. The van der Waals surface area contributed by atoms with Gasteiger partial charge in [-0.15, -0.1) is 11.3 Å². The van der Waals surface area contributed by atoms with Crippen molar-refractivity contribution in [3.8, 4) is 0 Å². The van der Waals surface area contributed by atoms with Crippen LogP contribution in [0.5, 0.6) is 0 Å². The lowest BCUT2D eigenvalue weighted by Gasteiger charge is -2.21. The number of carbonyl (C=O) groups is 1. The minimum absolute atomic E-state index is 0.140. The molecule has 8 heteroatoms. The van der Waals surface area contributed by atoms with Crippen molar-refractivity contribution in [2.24, 2.45) is 0 Å². The molecule has 2 aromatic rings. The molecule has 0 atom stereocenters. The first-order chi connectivity index (χ1) is 12.1. The molecule has 1 N–H and O–H groups in total. The van der Waals surface area contributed by atoms with Gasteiger partial charge >= 0.3 is 0 Å². The standard InChI is InChI=1S/C17H23N3O3S2/c1-2-3-4-8-11-18-16(21)14-20(17-19-12-13-24-17)25(22,23)15-9-6-5-7-10-15/h5-7,9-10,12-13H,2-4,8,11,14H2,1H3,(H,18,21). The van der Waals surface area contributed by atoms with Crippen molar-refractivity contribution >= 4 is 32.4 Å². The Balaban J connectivity index is 2.09. The Labute approximate surface area is 153 Å². The number of aromatic nitrogens is 1. The van der Waals surface area contributed by atoms with E-state index >= 15 is 0 Å². The number of nitrogens with one attached hydrogen (secondary N) is 1. The highest BCUT2D eigenvalue weighted by atomic mass is 32.2. The number of nitrogens with zero attached hydrogens (tertiary/aromatic N) is 2. The van der Waals surface area contributed by atoms with Gasteiger partial charge in [-0.05, 0) is 18.6 Å². The summed E-state index contributed by atoms with van der Waals surface area (Å²) < 4.78 is 26.9. The molecule has 0 bridgehead atoms. The maximum atomic E-state index is 12.9. The third kappa shape index (κ3) is 5.54. The highest BCUT2D eigenvalue weighted by Crippen LogP contribution is 2.25. The summed E-state index contributed by atoms with van der Waals surface area (Å²) in [5.41, 5.74) is 0. The molecule has 136 valence electrons. The van der Waals surface area contributed by atoms with Crippen molar-refractivity contribution in [3.05, 3.63) is 41.9 Å². The predicted octanol–water partition coefficient (Wildman–Crippen LogP) is 3.03. The summed E-state index contributed by atoms with van der Waals surface area (Å²) in [5.74, 6) is -0.328. The number of amides is 1. The fraction of sp³-hybridized carbons (Fsp3) is 0.412. The summed E-state index contributed by atoms with van der Waals surface area (Å²) in [4.78, 5) is 16.4. The van der Waals surface area contributed by atoms with E-state index < -0.39 is 10.0 Å². The molecule has 0 spiro atoms. The van der Waals surface area contributed by atoms with Crippen LogP contribution in [0.1, 0.15) is 32.6 Å². The highest BCUT2D eigenvalue weighted by molar-refractivity contribution is 7.93. The van der Waals surface area contributed by atoms with Crippen LogP contribution >= 0.6 is 11.3 Å². The molecule has 0 radical (unpaired) electrons. The Morgan fingerprint density at radius 1 is 1.20 bits per heavy atom. The van der Waals surface area contributed by atoms with E-state index in [-0.39, 0.29) is 22.5 Å². The topological polar surface area (TPSA) is 79.4 Å². The second-order valence-electron chi connectivity index (χ2n) is 5.55. The van der Waals surface area contributed by atoms with Gasteiger partial charge in [-0.25, -0.2) is 17.7 Å². The van der Waals surface area contributed by atoms with Gasteiger partial charge in [0, 0.05) is 18.1 Å². The van der Waals surface area contributed by atoms with Gasteiger partial charge in [0.1, 0.15) is 6.54 Å². The van der Waals surface area contributed by atoms with Gasteiger partial charge in [-0.2, -0.15) is 0 Å². The van der Waals surface area contributed by atoms with Crippen molar-refractivity contribution in [1.29, 1.82) is 0 Å². The lowest BCUT2D eigenvalue weighted by atomic mass is 10.2. The van der Waals surface area contributed by atoms with Gasteiger partial charge in [0.25, 0.3) is 10.0 Å². The molecule has 1 aromatic carbocycles. The molecule has 1 amide bonds. The molecule has 6 nitrogen and oxygen atoms in total. The summed E-state index contributed by atoms with van der Waals surface area (Å²) >= 11 is 1.19. The number of carbonyl (C=O) groups excluding carboxylic acids is 1. The van der Waals surface area contributed by atoms with Crippen LogP contribution in [-0.4, -0.2) is 32.4 Å². The number of anilines is 1. The molecule has 0 aliphatic rings. The van der Waals surface area contributed by atoms with E-state index in [1.165, 1.54) is 29.7 Å². The molecule has 0 saturated carbocycles. The molecule has 1 heterocycles. The van der Waals surface area contributed by atoms with Gasteiger partial charge in [0.15, 0.2) is 5.13 Å². The van der Waals surface area contributed by atoms with Gasteiger partial charge in [-0.3, -0.25) is 4.79 Å². The number of hydrogen-bond acceptors (Lipinski definition) is 5. The smallest absolute Gasteiger partial charge is 0.266 e. The third-order valence-corrected chi connectivity index (χ3v) is 6.26. The van der Waals surface area contributed by atoms with Crippen molar-refractivity contribution in [1.82, 2.24) is 10.3 Å². The zero-order valence-corrected chi connectivity index (χ0v) is 15.9. The molecule has 1 aromatic heterocycles. The van der Waals surface area contributed by atoms with Gasteiger partial charge in [-0.1, -0.05) is 44.4 Å². The second kappa shape index (κ2) is 9.53. The van der Waals surface area contributed by atoms with E-state index in [1.54, 1.807) is 23.6 Å². The molecule has 0 saturated heterocycles. The van der Waals surface area contributed by atoms with Crippen LogP contribution in [-0.2, 0) is 14.8 Å². The number of hydrogen-bond donors (Lipinski definition) is 1. The summed E-state index contributed by atoms with van der Waals surface area (Å²) in [6, 6.07) is 8.08. The fourth-order valence-electron chi connectivity index (χ4n) is 2.28. The van der Waals surface area contributed by atoms with Crippen LogP contribution in [0.15, 0.2) is 46.8 Å². The Morgan fingerprint density at radius 2 is 1.96 bits per heavy atom. The van der Waals surface area contributed by atoms with Gasteiger partial charge < -0.3 is 5.32 Å². The number of unbranched alkanes of at least 4 members (excludes halogenated alkanes) is 3. The summed E-state index contributed by atoms with van der Waals surface area (Å²) in [7, 11) is -3.84. The van der Waals surface area contributed by atoms with Crippen LogP contribution in [0.25, 0.3) is 0 Å². The van der Waals surface area contributed by atoms with Crippen LogP contribution < -0.4 is 9.62 Å². The first-order valence-corrected chi connectivity index (χ1v) is 10.6. The Bertz CT molecular complexity index is 747. The highest BCUT2D eigenvalue weighted by Gasteiger charge is 2.28. The zero-order chi connectivity index (χ0) is 18.1. The van der Waals surface area contributed by atoms with Gasteiger partial charge in [0.2, 0.25) is 5.91 Å². The van der Waals surface area contributed by atoms with E-state index in [2.05, 4.69) is 17.2 Å². The maximum Gasteiger partial charge on any atom is 0.266 e. The predicted molar refractivity (Wildman–Crippen MR) is 100 cm³/mol. The van der Waals surface area contributed by atoms with Crippen molar-refractivity contribution in [3.63, 3.8) is 0 Å². The molecular weight excluding hydrogens is 358 g/mol. The molecule has 0 unspecified atom stereocenters. The average molecular weight is 382 g/mol. The number of benzene rings is 1. The van der Waals surface area contributed by atoms with E-state index in [9.17, 15) is 13.2 Å². The van der Waals surface area contributed by atoms with Crippen molar-refractivity contribution in [2.75, 3.05) is 17.4 Å². The molecule has 2 rings (SSSR count). The largest absolute Gasteiger partial charge is 0.355 e. The Hall–Kier alpha value is -1.93. The van der Waals surface area contributed by atoms with E-state index in [4.69, 9.17) is 0 Å². The third-order valence-electron chi connectivity index (χ3n) is 3.60. The first-order valence-electron chi connectivity index (χ1n) is 8.29. The SMILES string of the molecule is CCCCCCNC(=O)CN(c1nccs1)S(=O)(=O)c1ccccc1. The van der Waals surface area contributed by atoms with Crippen LogP contribution in [0, 0.1) is 0 Å². The lowest BCUT2D eigenvalue weighted by Crippen LogP contribution is -2.41. The zero-order valence-electron chi connectivity index (χ0n) is 14.2. The summed E-state index contributed by atoms with van der Waals surface area (Å²) in [6.45, 7) is 2.40. The monoisotopic (exact) mass is 381 g/mol. The quantitative estimate of drug-likeness (QED) is 0.642. The van der Waals surface area contributed by atoms with E-state index in [0.717, 1.165) is 30.0 Å². The fourth-order valence-corrected chi connectivity index (χ4v) is 4.55. The number of rotatable bonds is 10. The van der Waals surface area contributed by atoms with Crippen LogP contribution in [0.2, 0.25) is 0 Å². The molecule has 0 aliphatic carbocycles.